The monoisotopic (exact) mass is 304 g/mol. The number of piperidine rings is 1. The van der Waals surface area contributed by atoms with Crippen molar-refractivity contribution in [1.82, 2.24) is 14.9 Å². The predicted molar refractivity (Wildman–Crippen MR) is 78.2 cm³/mol. The first-order valence-electron chi connectivity index (χ1n) is 7.25. The highest BCUT2D eigenvalue weighted by Crippen LogP contribution is 2.20. The quantitative estimate of drug-likeness (QED) is 0.831. The van der Waals surface area contributed by atoms with E-state index in [2.05, 4.69) is 9.97 Å². The number of amides is 1. The molecule has 0 bridgehead atoms. The topological polar surface area (TPSA) is 88.3 Å². The molecule has 1 aromatic heterocycles. The van der Waals surface area contributed by atoms with Crippen LogP contribution < -0.4 is 4.74 Å². The van der Waals surface area contributed by atoms with Crippen LogP contribution in [0.15, 0.2) is 12.4 Å². The molecule has 0 spiro atoms. The fourth-order valence-electron chi connectivity index (χ4n) is 2.17. The molecule has 0 aromatic carbocycles. The molecule has 0 aliphatic carbocycles. The molecule has 2 heterocycles. The van der Waals surface area contributed by atoms with Crippen molar-refractivity contribution in [3.63, 3.8) is 0 Å². The van der Waals surface area contributed by atoms with Gasteiger partial charge < -0.3 is 14.4 Å². The van der Waals surface area contributed by atoms with E-state index in [9.17, 15) is 4.79 Å². The Morgan fingerprint density at radius 1 is 1.41 bits per heavy atom. The van der Waals surface area contributed by atoms with E-state index >= 15 is 0 Å². The highest BCUT2D eigenvalue weighted by Gasteiger charge is 2.29. The van der Waals surface area contributed by atoms with Gasteiger partial charge in [0, 0.05) is 18.9 Å². The number of carbonyl (C=O) groups excluding carboxylic acids is 1. The Labute approximate surface area is 129 Å². The van der Waals surface area contributed by atoms with Gasteiger partial charge in [0.25, 0.3) is 5.88 Å². The summed E-state index contributed by atoms with van der Waals surface area (Å²) in [5.74, 6) is 0.209. The number of ether oxygens (including phenoxy) is 2. The molecule has 0 unspecified atom stereocenters. The largest absolute Gasteiger partial charge is 0.470 e. The smallest absolute Gasteiger partial charge is 0.410 e. The molecule has 2 rings (SSSR count). The summed E-state index contributed by atoms with van der Waals surface area (Å²) in [6, 6.07) is 1.95. The summed E-state index contributed by atoms with van der Waals surface area (Å²) < 4.78 is 11.1. The van der Waals surface area contributed by atoms with Crippen LogP contribution in [0.2, 0.25) is 0 Å². The Kier molecular flexibility index (Phi) is 4.81. The van der Waals surface area contributed by atoms with Crippen molar-refractivity contribution < 1.29 is 14.3 Å². The molecule has 1 fully saturated rings. The highest BCUT2D eigenvalue weighted by molar-refractivity contribution is 5.68. The summed E-state index contributed by atoms with van der Waals surface area (Å²) >= 11 is 0. The summed E-state index contributed by atoms with van der Waals surface area (Å²) in [4.78, 5) is 21.7. The number of rotatable bonds is 2. The number of hydrogen-bond acceptors (Lipinski definition) is 6. The van der Waals surface area contributed by atoms with Gasteiger partial charge >= 0.3 is 6.09 Å². The first-order valence-corrected chi connectivity index (χ1v) is 7.25. The first kappa shape index (κ1) is 16.0. The lowest BCUT2D eigenvalue weighted by atomic mass is 10.1. The highest BCUT2D eigenvalue weighted by atomic mass is 16.6. The van der Waals surface area contributed by atoms with Crippen LogP contribution in [-0.4, -0.2) is 45.8 Å². The maximum atomic E-state index is 12.1. The van der Waals surface area contributed by atoms with E-state index in [4.69, 9.17) is 14.7 Å². The molecule has 0 saturated carbocycles. The van der Waals surface area contributed by atoms with Gasteiger partial charge in [-0.05, 0) is 33.6 Å². The Bertz CT molecular complexity index is 577. The Hall–Kier alpha value is -2.36. The van der Waals surface area contributed by atoms with Gasteiger partial charge in [0.1, 0.15) is 17.8 Å². The SMILES string of the molecule is CC(C)(C)OC(=O)N1CCC[C@H](Oc2nccnc2C#N)C1. The van der Waals surface area contributed by atoms with Crippen molar-refractivity contribution in [2.75, 3.05) is 13.1 Å². The van der Waals surface area contributed by atoms with Crippen LogP contribution in [0.1, 0.15) is 39.3 Å². The van der Waals surface area contributed by atoms with Gasteiger partial charge in [0.05, 0.1) is 6.54 Å². The zero-order valence-electron chi connectivity index (χ0n) is 13.1. The second-order valence-electron chi connectivity index (χ2n) is 6.13. The standard InChI is InChI=1S/C15H20N4O3/c1-15(2,3)22-14(20)19-8-4-5-11(10-19)21-13-12(9-16)17-6-7-18-13/h6-7,11H,4-5,8,10H2,1-3H3/t11-/m0/s1. The van der Waals surface area contributed by atoms with Crippen LogP contribution in [0, 0.1) is 11.3 Å². The maximum Gasteiger partial charge on any atom is 0.410 e. The fraction of sp³-hybridized carbons (Fsp3) is 0.600. The van der Waals surface area contributed by atoms with Gasteiger partial charge in [0.15, 0.2) is 0 Å². The lowest BCUT2D eigenvalue weighted by molar-refractivity contribution is 0.00714. The zero-order valence-corrected chi connectivity index (χ0v) is 13.1. The lowest BCUT2D eigenvalue weighted by Gasteiger charge is -2.33. The molecule has 0 N–H and O–H groups in total. The van der Waals surface area contributed by atoms with Crippen molar-refractivity contribution in [1.29, 1.82) is 5.26 Å². The van der Waals surface area contributed by atoms with Crippen molar-refractivity contribution in [2.24, 2.45) is 0 Å². The van der Waals surface area contributed by atoms with Gasteiger partial charge in [0.2, 0.25) is 5.69 Å². The van der Waals surface area contributed by atoms with Crippen LogP contribution in [-0.2, 0) is 4.74 Å². The van der Waals surface area contributed by atoms with Crippen molar-refractivity contribution in [3.05, 3.63) is 18.1 Å². The van der Waals surface area contributed by atoms with Crippen molar-refractivity contribution in [3.8, 4) is 11.9 Å². The number of aromatic nitrogens is 2. The van der Waals surface area contributed by atoms with Gasteiger partial charge in [-0.3, -0.25) is 0 Å². The Morgan fingerprint density at radius 3 is 2.82 bits per heavy atom. The minimum atomic E-state index is -0.524. The molecule has 0 radical (unpaired) electrons. The molecule has 1 atom stereocenters. The Morgan fingerprint density at radius 2 is 2.14 bits per heavy atom. The number of nitriles is 1. The van der Waals surface area contributed by atoms with Gasteiger partial charge in [-0.15, -0.1) is 0 Å². The van der Waals surface area contributed by atoms with E-state index in [1.54, 1.807) is 4.90 Å². The molecule has 1 saturated heterocycles. The van der Waals surface area contributed by atoms with Crippen LogP contribution in [0.25, 0.3) is 0 Å². The molecular weight excluding hydrogens is 284 g/mol. The van der Waals surface area contributed by atoms with E-state index in [0.29, 0.717) is 13.1 Å². The Balaban J connectivity index is 1.99. The van der Waals surface area contributed by atoms with E-state index in [-0.39, 0.29) is 23.8 Å². The number of carbonyl (C=O) groups is 1. The number of hydrogen-bond donors (Lipinski definition) is 0. The molecule has 1 aromatic rings. The van der Waals surface area contributed by atoms with E-state index < -0.39 is 5.60 Å². The average molecular weight is 304 g/mol. The van der Waals surface area contributed by atoms with Crippen LogP contribution >= 0.6 is 0 Å². The fourth-order valence-corrected chi connectivity index (χ4v) is 2.17. The van der Waals surface area contributed by atoms with E-state index in [0.717, 1.165) is 12.8 Å². The van der Waals surface area contributed by atoms with Crippen LogP contribution in [0.3, 0.4) is 0 Å². The van der Waals surface area contributed by atoms with E-state index in [1.165, 1.54) is 12.4 Å². The summed E-state index contributed by atoms with van der Waals surface area (Å²) in [5, 5.41) is 9.00. The summed E-state index contributed by atoms with van der Waals surface area (Å²) in [6.45, 7) is 6.56. The average Bonchev–Trinajstić information content (AvgIpc) is 2.46. The second kappa shape index (κ2) is 6.60. The molecule has 7 nitrogen and oxygen atoms in total. The summed E-state index contributed by atoms with van der Waals surface area (Å²) in [5.41, 5.74) is -0.374. The van der Waals surface area contributed by atoms with Crippen LogP contribution in [0.5, 0.6) is 5.88 Å². The van der Waals surface area contributed by atoms with Gasteiger partial charge in [-0.2, -0.15) is 5.26 Å². The minimum Gasteiger partial charge on any atom is -0.470 e. The molecule has 22 heavy (non-hydrogen) atoms. The molecule has 1 aliphatic rings. The van der Waals surface area contributed by atoms with E-state index in [1.807, 2.05) is 26.8 Å². The molecule has 1 aliphatic heterocycles. The normalized spacial score (nSPS) is 18.5. The van der Waals surface area contributed by atoms with Crippen molar-refractivity contribution >= 4 is 6.09 Å². The lowest BCUT2D eigenvalue weighted by Crippen LogP contribution is -2.46. The van der Waals surface area contributed by atoms with Gasteiger partial charge in [-0.25, -0.2) is 14.8 Å². The third kappa shape index (κ3) is 4.32. The summed E-state index contributed by atoms with van der Waals surface area (Å²) in [6.07, 6.45) is 3.96. The number of nitrogens with zero attached hydrogens (tertiary/aromatic N) is 4. The zero-order chi connectivity index (χ0) is 16.2. The van der Waals surface area contributed by atoms with Gasteiger partial charge in [-0.1, -0.05) is 0 Å². The predicted octanol–water partition coefficient (Wildman–Crippen LogP) is 2.13. The molecule has 118 valence electrons. The number of likely N-dealkylation sites (tertiary alicyclic amines) is 1. The molecule has 1 amide bonds. The maximum absolute atomic E-state index is 12.1. The van der Waals surface area contributed by atoms with Crippen LogP contribution in [0.4, 0.5) is 4.79 Å². The first-order chi connectivity index (χ1) is 10.4. The summed E-state index contributed by atoms with van der Waals surface area (Å²) in [7, 11) is 0. The second-order valence-corrected chi connectivity index (χ2v) is 6.13. The molecular formula is C15H20N4O3. The minimum absolute atomic E-state index is 0.150. The van der Waals surface area contributed by atoms with Crippen molar-refractivity contribution in [2.45, 2.75) is 45.3 Å². The molecule has 7 heteroatoms. The third-order valence-electron chi connectivity index (χ3n) is 3.08. The third-order valence-corrected chi connectivity index (χ3v) is 3.08.